The second-order valence-electron chi connectivity index (χ2n) is 11.5. The van der Waals surface area contributed by atoms with Crippen molar-refractivity contribution >= 4 is 65.4 Å². The van der Waals surface area contributed by atoms with Crippen LogP contribution in [0.5, 0.6) is 11.6 Å². The molecule has 0 bridgehead atoms. The third-order valence-electron chi connectivity index (χ3n) is 7.64. The number of fused-ring (bicyclic) bond motifs is 1. The third kappa shape index (κ3) is 10.4. The molecule has 1 unspecified atom stereocenters. The molecular formula is C37H35Cl3N3O10P. The molecule has 0 aliphatic rings. The van der Waals surface area contributed by atoms with Crippen molar-refractivity contribution in [2.45, 2.75) is 33.2 Å². The number of phosphoric acid groups is 1. The highest BCUT2D eigenvalue weighted by Gasteiger charge is 2.35. The summed E-state index contributed by atoms with van der Waals surface area (Å²) in [5, 5.41) is 2.73. The summed E-state index contributed by atoms with van der Waals surface area (Å²) in [5.74, 6) is -1.08. The number of carbonyl (C=O) groups excluding carboxylic acids is 2. The van der Waals surface area contributed by atoms with Gasteiger partial charge in [-0.1, -0.05) is 95.5 Å². The summed E-state index contributed by atoms with van der Waals surface area (Å²) in [5.41, 5.74) is 1.69. The Morgan fingerprint density at radius 2 is 1.46 bits per heavy atom. The Bertz CT molecular complexity index is 2150. The zero-order valence-corrected chi connectivity index (χ0v) is 32.4. The molecule has 0 saturated carbocycles. The number of halogens is 3. The summed E-state index contributed by atoms with van der Waals surface area (Å²) in [6.45, 7) is 2.14. The van der Waals surface area contributed by atoms with E-state index in [0.717, 1.165) is 0 Å². The van der Waals surface area contributed by atoms with Crippen LogP contribution in [0.4, 0.5) is 0 Å². The van der Waals surface area contributed by atoms with Crippen molar-refractivity contribution in [1.29, 1.82) is 0 Å². The predicted octanol–water partition coefficient (Wildman–Crippen LogP) is 7.65. The predicted molar refractivity (Wildman–Crippen MR) is 204 cm³/mol. The molecule has 17 heteroatoms. The van der Waals surface area contributed by atoms with Crippen LogP contribution in [0.2, 0.25) is 15.1 Å². The van der Waals surface area contributed by atoms with Crippen LogP contribution in [0.3, 0.4) is 0 Å². The fourth-order valence-electron chi connectivity index (χ4n) is 5.17. The Labute approximate surface area is 325 Å². The number of amides is 1. The van der Waals surface area contributed by atoms with Gasteiger partial charge in [0.2, 0.25) is 5.88 Å². The summed E-state index contributed by atoms with van der Waals surface area (Å²) in [6.07, 6.45) is -0.306. The molecule has 0 radical (unpaired) electrons. The van der Waals surface area contributed by atoms with Gasteiger partial charge in [0.25, 0.3) is 5.91 Å². The first kappa shape index (κ1) is 40.7. The maximum Gasteiger partial charge on any atom is 0.476 e. The van der Waals surface area contributed by atoms with Crippen molar-refractivity contribution in [3.63, 3.8) is 0 Å². The van der Waals surface area contributed by atoms with Gasteiger partial charge in [-0.15, -0.1) is 0 Å². The van der Waals surface area contributed by atoms with E-state index in [2.05, 4.69) is 10.3 Å². The van der Waals surface area contributed by atoms with E-state index in [4.69, 9.17) is 62.6 Å². The number of phosphoric ester groups is 1. The second-order valence-corrected chi connectivity index (χ2v) is 14.4. The molecule has 5 rings (SSSR count). The fourth-order valence-corrected chi connectivity index (χ4v) is 7.31. The first-order valence-corrected chi connectivity index (χ1v) is 18.9. The number of hydrogen-bond donors (Lipinski definition) is 1. The number of esters is 1. The van der Waals surface area contributed by atoms with Crippen molar-refractivity contribution in [3.8, 4) is 17.3 Å². The number of hydrogen-bond acceptors (Lipinski definition) is 11. The maximum atomic E-state index is 14.1. The first-order chi connectivity index (χ1) is 25.9. The van der Waals surface area contributed by atoms with Gasteiger partial charge >= 0.3 is 13.8 Å². The monoisotopic (exact) mass is 817 g/mol. The van der Waals surface area contributed by atoms with E-state index in [9.17, 15) is 18.9 Å². The van der Waals surface area contributed by atoms with Crippen LogP contribution in [0.15, 0.2) is 89.9 Å². The van der Waals surface area contributed by atoms with Crippen molar-refractivity contribution in [3.05, 3.63) is 127 Å². The largest absolute Gasteiger partial charge is 0.490 e. The van der Waals surface area contributed by atoms with Gasteiger partial charge in [0.15, 0.2) is 11.5 Å². The highest BCUT2D eigenvalue weighted by molar-refractivity contribution is 7.48. The third-order valence-corrected chi connectivity index (χ3v) is 9.89. The van der Waals surface area contributed by atoms with E-state index in [1.807, 2.05) is 12.1 Å². The van der Waals surface area contributed by atoms with Gasteiger partial charge in [0, 0.05) is 37.9 Å². The van der Waals surface area contributed by atoms with Crippen LogP contribution >= 0.6 is 42.6 Å². The molecule has 2 heterocycles. The number of likely N-dealkylation sites (N-methyl/N-ethyl adjacent to an activating group) is 1. The van der Waals surface area contributed by atoms with Gasteiger partial charge in [-0.2, -0.15) is 0 Å². The molecule has 1 atom stereocenters. The van der Waals surface area contributed by atoms with Gasteiger partial charge in [-0.05, 0) is 18.1 Å². The normalized spacial score (nSPS) is 12.0. The van der Waals surface area contributed by atoms with E-state index in [0.29, 0.717) is 22.6 Å². The molecule has 0 spiro atoms. The summed E-state index contributed by atoms with van der Waals surface area (Å²) in [4.78, 5) is 42.0. The van der Waals surface area contributed by atoms with Crippen LogP contribution in [-0.4, -0.2) is 54.4 Å². The minimum Gasteiger partial charge on any atom is -0.490 e. The molecule has 1 amide bonds. The molecular weight excluding hydrogens is 784 g/mol. The van der Waals surface area contributed by atoms with Gasteiger partial charge in [0.1, 0.15) is 31.0 Å². The lowest BCUT2D eigenvalue weighted by atomic mass is 10.2. The number of benzene rings is 3. The Balaban J connectivity index is 1.45. The first-order valence-electron chi connectivity index (χ1n) is 16.3. The van der Waals surface area contributed by atoms with Crippen LogP contribution < -0.4 is 20.2 Å². The zero-order chi connectivity index (χ0) is 38.8. The standard InChI is InChI=1S/C37H35Cl3N3O10P/c1-23-16-31(45)33-35(43(23)34-28(38)17-27(18-29(34)39)49-15-14-48-24(2)44)30(40)19-42-37(33)50-22-32(36(46)41-3)53-54(47,51-20-25-10-6-4-7-11-25)52-21-26-12-8-5-9-13-26/h4-13,16-19,32H,14-15,20-22H2,1-3H3,(H,41,46). The lowest BCUT2D eigenvalue weighted by molar-refractivity contribution is -0.141. The fraction of sp³-hybridized carbons (Fsp3) is 0.243. The average Bonchev–Trinajstić information content (AvgIpc) is 3.15. The lowest BCUT2D eigenvalue weighted by Gasteiger charge is -2.24. The molecule has 0 fully saturated rings. The molecule has 0 aliphatic carbocycles. The number of aromatic nitrogens is 2. The van der Waals surface area contributed by atoms with Crippen molar-refractivity contribution in [2.75, 3.05) is 26.9 Å². The molecule has 0 saturated heterocycles. The quantitative estimate of drug-likeness (QED) is 0.0559. The van der Waals surface area contributed by atoms with Crippen LogP contribution in [0.1, 0.15) is 23.7 Å². The summed E-state index contributed by atoms with van der Waals surface area (Å²) in [7, 11) is -3.09. The minimum absolute atomic E-state index is 0.0198. The average molecular weight is 819 g/mol. The topological polar surface area (TPSA) is 154 Å². The molecule has 3 aromatic carbocycles. The van der Waals surface area contributed by atoms with E-state index in [1.54, 1.807) is 60.0 Å². The molecule has 0 aliphatic heterocycles. The van der Waals surface area contributed by atoms with E-state index >= 15 is 0 Å². The molecule has 13 nitrogen and oxygen atoms in total. The molecule has 2 aromatic heterocycles. The zero-order valence-electron chi connectivity index (χ0n) is 29.3. The van der Waals surface area contributed by atoms with Gasteiger partial charge in [-0.3, -0.25) is 28.0 Å². The Morgan fingerprint density at radius 3 is 2.02 bits per heavy atom. The lowest BCUT2D eigenvalue weighted by Crippen LogP contribution is -2.38. The van der Waals surface area contributed by atoms with Crippen molar-refractivity contribution < 1.29 is 41.9 Å². The summed E-state index contributed by atoms with van der Waals surface area (Å²) >= 11 is 20.1. The Hall–Kier alpha value is -4.46. The number of ether oxygens (including phenoxy) is 3. The summed E-state index contributed by atoms with van der Waals surface area (Å²) in [6, 6.07) is 22.2. The SMILES string of the molecule is CNC(=O)C(COc1ncc(Cl)c2c1c(=O)cc(C)n2-c1c(Cl)cc(OCCOC(C)=O)cc1Cl)OP(=O)(OCc1ccccc1)OCc1ccccc1. The highest BCUT2D eigenvalue weighted by Crippen LogP contribution is 2.52. The minimum atomic E-state index is -4.45. The molecule has 5 aromatic rings. The van der Waals surface area contributed by atoms with Gasteiger partial charge in [0.05, 0.1) is 45.7 Å². The van der Waals surface area contributed by atoms with Gasteiger partial charge < -0.3 is 24.1 Å². The smallest absolute Gasteiger partial charge is 0.476 e. The van der Waals surface area contributed by atoms with E-state index < -0.39 is 37.8 Å². The summed E-state index contributed by atoms with van der Waals surface area (Å²) < 4.78 is 49.4. The highest BCUT2D eigenvalue weighted by atomic mass is 35.5. The number of nitrogens with one attached hydrogen (secondary N) is 1. The number of carbonyl (C=O) groups is 2. The van der Waals surface area contributed by atoms with Crippen LogP contribution in [0, 0.1) is 6.92 Å². The molecule has 1 N–H and O–H groups in total. The maximum absolute atomic E-state index is 14.1. The Kier molecular flexibility index (Phi) is 14.1. The second kappa shape index (κ2) is 18.7. The Morgan fingerprint density at radius 1 is 0.870 bits per heavy atom. The van der Waals surface area contributed by atoms with Crippen molar-refractivity contribution in [2.24, 2.45) is 0 Å². The molecule has 54 heavy (non-hydrogen) atoms. The molecule has 284 valence electrons. The number of rotatable bonds is 17. The van der Waals surface area contributed by atoms with E-state index in [-0.39, 0.29) is 64.0 Å². The number of nitrogens with zero attached hydrogens (tertiary/aromatic N) is 2. The van der Waals surface area contributed by atoms with Crippen LogP contribution in [0.25, 0.3) is 16.6 Å². The van der Waals surface area contributed by atoms with Crippen LogP contribution in [-0.2, 0) is 45.7 Å². The van der Waals surface area contributed by atoms with Crippen molar-refractivity contribution in [1.82, 2.24) is 14.9 Å². The number of pyridine rings is 2. The number of aryl methyl sites for hydroxylation is 1. The van der Waals surface area contributed by atoms with Gasteiger partial charge in [-0.25, -0.2) is 9.55 Å². The van der Waals surface area contributed by atoms with E-state index in [1.165, 1.54) is 38.4 Å².